The van der Waals surface area contributed by atoms with Crippen LogP contribution in [0.1, 0.15) is 58.8 Å². The second-order valence-corrected chi connectivity index (χ2v) is 5.67. The minimum atomic E-state index is -0.237. The third kappa shape index (κ3) is 3.27. The Morgan fingerprint density at radius 2 is 1.59 bits per heavy atom. The molecule has 3 rings (SSSR count). The summed E-state index contributed by atoms with van der Waals surface area (Å²) in [5.41, 5.74) is 0.552. The lowest BCUT2D eigenvalue weighted by Crippen LogP contribution is -2.35. The first kappa shape index (κ1) is 14.6. The van der Waals surface area contributed by atoms with Crippen molar-refractivity contribution in [3.63, 3.8) is 0 Å². The van der Waals surface area contributed by atoms with E-state index in [1.807, 2.05) is 6.07 Å². The van der Waals surface area contributed by atoms with E-state index in [-0.39, 0.29) is 29.3 Å². The van der Waals surface area contributed by atoms with Crippen molar-refractivity contribution in [3.8, 4) is 0 Å². The summed E-state index contributed by atoms with van der Waals surface area (Å²) in [6, 6.07) is 12.3. The van der Waals surface area contributed by atoms with Crippen LogP contribution >= 0.6 is 0 Å². The molecule has 1 amide bonds. The van der Waals surface area contributed by atoms with Crippen LogP contribution in [-0.2, 0) is 0 Å². The van der Waals surface area contributed by atoms with Crippen molar-refractivity contribution < 1.29 is 14.0 Å². The molecule has 1 aliphatic carbocycles. The second kappa shape index (κ2) is 6.60. The number of carbonyl (C=O) groups excluding carboxylic acids is 2. The molecule has 0 saturated heterocycles. The van der Waals surface area contributed by atoms with Crippen LogP contribution in [0.5, 0.6) is 0 Å². The third-order valence-corrected chi connectivity index (χ3v) is 4.03. The number of rotatable bonds is 4. The fraction of sp³-hybridized carbons (Fsp3) is 0.333. The van der Waals surface area contributed by atoms with E-state index < -0.39 is 0 Å². The Labute approximate surface area is 129 Å². The molecule has 2 aromatic rings. The number of amides is 1. The van der Waals surface area contributed by atoms with Crippen LogP contribution in [0.25, 0.3) is 0 Å². The van der Waals surface area contributed by atoms with Gasteiger partial charge in [-0.1, -0.05) is 49.6 Å². The minimum absolute atomic E-state index is 0.194. The Hall–Kier alpha value is -2.36. The second-order valence-electron chi connectivity index (χ2n) is 5.67. The van der Waals surface area contributed by atoms with Crippen LogP contribution in [0.15, 0.2) is 46.9 Å². The van der Waals surface area contributed by atoms with Gasteiger partial charge in [-0.2, -0.15) is 0 Å². The largest absolute Gasteiger partial charge is 0.447 e. The normalized spacial score (nSPS) is 15.5. The fourth-order valence-corrected chi connectivity index (χ4v) is 2.82. The number of carbonyl (C=O) groups is 2. The Kier molecular flexibility index (Phi) is 4.37. The van der Waals surface area contributed by atoms with Gasteiger partial charge in [-0.25, -0.2) is 0 Å². The van der Waals surface area contributed by atoms with E-state index in [1.54, 1.807) is 36.4 Å². The van der Waals surface area contributed by atoms with Gasteiger partial charge in [0.15, 0.2) is 11.5 Å². The average Bonchev–Trinajstić information content (AvgIpc) is 3.06. The van der Waals surface area contributed by atoms with E-state index in [0.29, 0.717) is 5.56 Å². The van der Waals surface area contributed by atoms with Crippen LogP contribution < -0.4 is 5.32 Å². The number of ketones is 1. The van der Waals surface area contributed by atoms with Gasteiger partial charge < -0.3 is 9.73 Å². The van der Waals surface area contributed by atoms with Gasteiger partial charge in [-0.05, 0) is 25.0 Å². The zero-order chi connectivity index (χ0) is 15.4. The van der Waals surface area contributed by atoms with Gasteiger partial charge in [-0.15, -0.1) is 0 Å². The predicted octanol–water partition coefficient (Wildman–Crippen LogP) is 3.57. The van der Waals surface area contributed by atoms with Crippen molar-refractivity contribution in [3.05, 3.63) is 59.5 Å². The first-order chi connectivity index (χ1) is 10.7. The summed E-state index contributed by atoms with van der Waals surface area (Å²) >= 11 is 0. The number of hydrogen-bond acceptors (Lipinski definition) is 3. The first-order valence-corrected chi connectivity index (χ1v) is 7.74. The van der Waals surface area contributed by atoms with Crippen molar-refractivity contribution >= 4 is 11.7 Å². The predicted molar refractivity (Wildman–Crippen MR) is 82.9 cm³/mol. The summed E-state index contributed by atoms with van der Waals surface area (Å²) in [6.07, 6.45) is 5.58. The SMILES string of the molecule is O=C(NC1CCCCC1)c1ccc(C(=O)c2ccccc2)o1. The Bertz CT molecular complexity index is 654. The molecule has 22 heavy (non-hydrogen) atoms. The van der Waals surface area contributed by atoms with Crippen LogP contribution in [0.3, 0.4) is 0 Å². The molecular formula is C18H19NO3. The van der Waals surface area contributed by atoms with Gasteiger partial charge in [0.2, 0.25) is 5.78 Å². The highest BCUT2D eigenvalue weighted by Gasteiger charge is 2.20. The summed E-state index contributed by atoms with van der Waals surface area (Å²) in [4.78, 5) is 24.4. The summed E-state index contributed by atoms with van der Waals surface area (Å²) in [6.45, 7) is 0. The Morgan fingerprint density at radius 3 is 2.32 bits per heavy atom. The van der Waals surface area contributed by atoms with Crippen molar-refractivity contribution in [2.75, 3.05) is 0 Å². The number of furan rings is 1. The van der Waals surface area contributed by atoms with E-state index in [9.17, 15) is 9.59 Å². The zero-order valence-corrected chi connectivity index (χ0v) is 12.4. The van der Waals surface area contributed by atoms with Crippen molar-refractivity contribution in [2.24, 2.45) is 0 Å². The monoisotopic (exact) mass is 297 g/mol. The average molecular weight is 297 g/mol. The van der Waals surface area contributed by atoms with Crippen molar-refractivity contribution in [1.82, 2.24) is 5.32 Å². The van der Waals surface area contributed by atoms with E-state index >= 15 is 0 Å². The molecule has 0 aliphatic heterocycles. The summed E-state index contributed by atoms with van der Waals surface area (Å²) < 4.78 is 5.44. The standard InChI is InChI=1S/C18H19NO3/c20-17(13-7-3-1-4-8-13)15-11-12-16(22-15)18(21)19-14-9-5-2-6-10-14/h1,3-4,7-8,11-12,14H,2,5-6,9-10H2,(H,19,21). The number of benzene rings is 1. The van der Waals surface area contributed by atoms with E-state index in [1.165, 1.54) is 6.42 Å². The molecule has 1 fully saturated rings. The highest BCUT2D eigenvalue weighted by Crippen LogP contribution is 2.19. The molecule has 0 bridgehead atoms. The Balaban J connectivity index is 1.68. The van der Waals surface area contributed by atoms with E-state index in [2.05, 4.69) is 5.32 Å². The van der Waals surface area contributed by atoms with Gasteiger partial charge in [0.1, 0.15) is 0 Å². The lowest BCUT2D eigenvalue weighted by Gasteiger charge is -2.22. The topological polar surface area (TPSA) is 59.3 Å². The quantitative estimate of drug-likeness (QED) is 0.878. The smallest absolute Gasteiger partial charge is 0.287 e. The zero-order valence-electron chi connectivity index (χ0n) is 12.4. The molecule has 0 atom stereocenters. The Morgan fingerprint density at radius 1 is 0.909 bits per heavy atom. The highest BCUT2D eigenvalue weighted by atomic mass is 16.4. The van der Waals surface area contributed by atoms with Gasteiger partial charge >= 0.3 is 0 Å². The summed E-state index contributed by atoms with van der Waals surface area (Å²) in [7, 11) is 0. The fourth-order valence-electron chi connectivity index (χ4n) is 2.82. The lowest BCUT2D eigenvalue weighted by molar-refractivity contribution is 0.0894. The van der Waals surface area contributed by atoms with Gasteiger partial charge in [0.05, 0.1) is 0 Å². The molecule has 4 heteroatoms. The van der Waals surface area contributed by atoms with Crippen molar-refractivity contribution in [1.29, 1.82) is 0 Å². The summed E-state index contributed by atoms with van der Waals surface area (Å²) in [5, 5.41) is 2.98. The van der Waals surface area contributed by atoms with Crippen molar-refractivity contribution in [2.45, 2.75) is 38.1 Å². The number of hydrogen-bond donors (Lipinski definition) is 1. The molecule has 4 nitrogen and oxygen atoms in total. The van der Waals surface area contributed by atoms with Gasteiger partial charge in [0.25, 0.3) is 5.91 Å². The van der Waals surface area contributed by atoms with Gasteiger partial charge in [-0.3, -0.25) is 9.59 Å². The van der Waals surface area contributed by atoms with Crippen LogP contribution in [-0.4, -0.2) is 17.7 Å². The molecular weight excluding hydrogens is 278 g/mol. The molecule has 114 valence electrons. The third-order valence-electron chi connectivity index (χ3n) is 4.03. The summed E-state index contributed by atoms with van der Waals surface area (Å²) in [5.74, 6) is -0.0545. The van der Waals surface area contributed by atoms with Crippen LogP contribution in [0.4, 0.5) is 0 Å². The van der Waals surface area contributed by atoms with E-state index in [0.717, 1.165) is 25.7 Å². The molecule has 1 saturated carbocycles. The maximum Gasteiger partial charge on any atom is 0.287 e. The maximum atomic E-state index is 12.2. The molecule has 0 radical (unpaired) electrons. The minimum Gasteiger partial charge on any atom is -0.447 e. The molecule has 1 aromatic carbocycles. The molecule has 1 N–H and O–H groups in total. The molecule has 0 spiro atoms. The lowest BCUT2D eigenvalue weighted by atomic mass is 9.95. The number of nitrogens with one attached hydrogen (secondary N) is 1. The molecule has 1 aliphatic rings. The molecule has 1 heterocycles. The highest BCUT2D eigenvalue weighted by molar-refractivity contribution is 6.07. The molecule has 0 unspecified atom stereocenters. The first-order valence-electron chi connectivity index (χ1n) is 7.74. The van der Waals surface area contributed by atoms with Gasteiger partial charge in [0, 0.05) is 11.6 Å². The van der Waals surface area contributed by atoms with Crippen LogP contribution in [0, 0.1) is 0 Å². The van der Waals surface area contributed by atoms with E-state index in [4.69, 9.17) is 4.42 Å². The molecule has 1 aromatic heterocycles. The van der Waals surface area contributed by atoms with Crippen LogP contribution in [0.2, 0.25) is 0 Å². The maximum absolute atomic E-state index is 12.2.